The van der Waals surface area contributed by atoms with Crippen LogP contribution in [0.1, 0.15) is 11.1 Å². The number of phenols is 1. The van der Waals surface area contributed by atoms with E-state index in [9.17, 15) is 5.11 Å². The van der Waals surface area contributed by atoms with E-state index < -0.39 is 0 Å². The Balaban J connectivity index is 1.61. The van der Waals surface area contributed by atoms with Crippen molar-refractivity contribution in [3.8, 4) is 17.2 Å². The van der Waals surface area contributed by atoms with Gasteiger partial charge in [0.25, 0.3) is 0 Å². The second kappa shape index (κ2) is 5.33. The summed E-state index contributed by atoms with van der Waals surface area (Å²) in [5, 5.41) is 9.50. The highest BCUT2D eigenvalue weighted by molar-refractivity contribution is 5.61. The van der Waals surface area contributed by atoms with Gasteiger partial charge in [0.05, 0.1) is 13.2 Å². The van der Waals surface area contributed by atoms with Crippen molar-refractivity contribution in [2.75, 3.05) is 18.9 Å². The zero-order valence-electron chi connectivity index (χ0n) is 11.1. The summed E-state index contributed by atoms with van der Waals surface area (Å²) in [6.07, 6.45) is 1.77. The summed E-state index contributed by atoms with van der Waals surface area (Å²) in [6.45, 7) is 1.29. The Morgan fingerprint density at radius 3 is 3.05 bits per heavy atom. The largest absolute Gasteiger partial charge is 0.506 e. The second-order valence-electron chi connectivity index (χ2n) is 4.83. The quantitative estimate of drug-likeness (QED) is 0.662. The molecular weight excluding hydrogens is 254 g/mol. The maximum atomic E-state index is 9.50. The number of aromatic hydroxyl groups is 1. The number of hydrogen-bond donors (Lipinski definition) is 2. The van der Waals surface area contributed by atoms with Crippen molar-refractivity contribution in [2.45, 2.75) is 12.8 Å². The van der Waals surface area contributed by atoms with Gasteiger partial charge in [-0.25, -0.2) is 0 Å². The molecule has 0 fully saturated rings. The van der Waals surface area contributed by atoms with Crippen molar-refractivity contribution < 1.29 is 14.6 Å². The van der Waals surface area contributed by atoms with Gasteiger partial charge in [-0.15, -0.1) is 0 Å². The van der Waals surface area contributed by atoms with E-state index in [2.05, 4.69) is 12.1 Å². The molecule has 3 rings (SSSR count). The molecule has 0 spiro atoms. The number of phenolic OH excluding ortho intramolecular Hbond substituents is 1. The fraction of sp³-hybridized carbons (Fsp3) is 0.250. The molecule has 4 nitrogen and oxygen atoms in total. The number of nitrogen functional groups attached to an aromatic ring is 1. The summed E-state index contributed by atoms with van der Waals surface area (Å²) in [5.41, 5.74) is 8.51. The molecule has 104 valence electrons. The monoisotopic (exact) mass is 271 g/mol. The normalized spacial score (nSPS) is 12.8. The Hall–Kier alpha value is -2.36. The molecule has 1 heterocycles. The van der Waals surface area contributed by atoms with Gasteiger partial charge < -0.3 is 20.3 Å². The first-order valence-corrected chi connectivity index (χ1v) is 6.69. The lowest BCUT2D eigenvalue weighted by Crippen LogP contribution is -2.03. The molecule has 0 saturated heterocycles. The van der Waals surface area contributed by atoms with Crippen LogP contribution in [0.2, 0.25) is 0 Å². The molecule has 0 aliphatic carbocycles. The minimum atomic E-state index is 0.0529. The van der Waals surface area contributed by atoms with Crippen LogP contribution in [0, 0.1) is 0 Å². The summed E-state index contributed by atoms with van der Waals surface area (Å²) < 4.78 is 11.1. The molecule has 0 atom stereocenters. The summed E-state index contributed by atoms with van der Waals surface area (Å²) in [6, 6.07) is 11.2. The Labute approximate surface area is 117 Å². The van der Waals surface area contributed by atoms with Gasteiger partial charge in [-0.05, 0) is 29.3 Å². The number of ether oxygens (including phenoxy) is 2. The molecule has 0 aromatic heterocycles. The number of benzene rings is 2. The first-order chi connectivity index (χ1) is 9.74. The molecule has 0 bridgehead atoms. The lowest BCUT2D eigenvalue weighted by molar-refractivity contribution is 0.322. The van der Waals surface area contributed by atoms with Crippen LogP contribution in [-0.2, 0) is 12.8 Å². The third kappa shape index (κ3) is 2.50. The van der Waals surface area contributed by atoms with E-state index in [1.165, 1.54) is 11.1 Å². The Kier molecular flexibility index (Phi) is 3.37. The van der Waals surface area contributed by atoms with Gasteiger partial charge >= 0.3 is 0 Å². The van der Waals surface area contributed by atoms with E-state index in [-0.39, 0.29) is 11.4 Å². The van der Waals surface area contributed by atoms with Gasteiger partial charge in [-0.2, -0.15) is 0 Å². The number of hydrogen-bond acceptors (Lipinski definition) is 4. The lowest BCUT2D eigenvalue weighted by Gasteiger charge is -2.10. The van der Waals surface area contributed by atoms with Crippen LogP contribution in [0.4, 0.5) is 5.69 Å². The predicted molar refractivity (Wildman–Crippen MR) is 77.4 cm³/mol. The van der Waals surface area contributed by atoms with Crippen LogP contribution in [0.3, 0.4) is 0 Å². The van der Waals surface area contributed by atoms with Crippen molar-refractivity contribution in [1.82, 2.24) is 0 Å². The van der Waals surface area contributed by atoms with Crippen molar-refractivity contribution in [3.05, 3.63) is 47.5 Å². The molecule has 2 aromatic rings. The molecule has 0 unspecified atom stereocenters. The smallest absolute Gasteiger partial charge is 0.146 e. The lowest BCUT2D eigenvalue weighted by atomic mass is 10.1. The van der Waals surface area contributed by atoms with Gasteiger partial charge in [-0.1, -0.05) is 18.2 Å². The van der Waals surface area contributed by atoms with Gasteiger partial charge in [0, 0.05) is 12.8 Å². The van der Waals surface area contributed by atoms with Gasteiger partial charge in [0.15, 0.2) is 0 Å². The molecular formula is C16H17NO3. The topological polar surface area (TPSA) is 64.7 Å². The van der Waals surface area contributed by atoms with E-state index in [1.807, 2.05) is 6.07 Å². The average Bonchev–Trinajstić information content (AvgIpc) is 2.91. The van der Waals surface area contributed by atoms with Gasteiger partial charge in [-0.3, -0.25) is 0 Å². The fourth-order valence-electron chi connectivity index (χ4n) is 2.33. The SMILES string of the molecule is Nc1c(O)cccc1OCCc1ccc2c(c1)CCO2. The van der Waals surface area contributed by atoms with Crippen LogP contribution in [0.25, 0.3) is 0 Å². The maximum absolute atomic E-state index is 9.50. The molecule has 1 aliphatic heterocycles. The van der Waals surface area contributed by atoms with Gasteiger partial charge in [0.1, 0.15) is 22.9 Å². The van der Waals surface area contributed by atoms with Crippen LogP contribution in [0.5, 0.6) is 17.2 Å². The second-order valence-corrected chi connectivity index (χ2v) is 4.83. The Morgan fingerprint density at radius 2 is 2.15 bits per heavy atom. The average molecular weight is 271 g/mol. The van der Waals surface area contributed by atoms with Crippen LogP contribution >= 0.6 is 0 Å². The van der Waals surface area contributed by atoms with E-state index in [0.29, 0.717) is 12.4 Å². The van der Waals surface area contributed by atoms with E-state index in [1.54, 1.807) is 18.2 Å². The number of nitrogens with two attached hydrogens (primary N) is 1. The zero-order valence-corrected chi connectivity index (χ0v) is 11.1. The highest BCUT2D eigenvalue weighted by Crippen LogP contribution is 2.30. The number of fused-ring (bicyclic) bond motifs is 1. The van der Waals surface area contributed by atoms with E-state index in [4.69, 9.17) is 15.2 Å². The standard InChI is InChI=1S/C16H17NO3/c17-16-13(18)2-1-3-15(16)20-8-6-11-4-5-14-12(10-11)7-9-19-14/h1-5,10,18H,6-9,17H2. The fourth-order valence-corrected chi connectivity index (χ4v) is 2.33. The molecule has 2 aromatic carbocycles. The summed E-state index contributed by atoms with van der Waals surface area (Å²) >= 11 is 0. The Morgan fingerprint density at radius 1 is 1.25 bits per heavy atom. The number of rotatable bonds is 4. The molecule has 0 amide bonds. The summed E-state index contributed by atoms with van der Waals surface area (Å²) in [7, 11) is 0. The minimum Gasteiger partial charge on any atom is -0.506 e. The molecule has 0 saturated carbocycles. The number of para-hydroxylation sites is 1. The first kappa shape index (κ1) is 12.7. The first-order valence-electron chi connectivity index (χ1n) is 6.69. The maximum Gasteiger partial charge on any atom is 0.146 e. The zero-order chi connectivity index (χ0) is 13.9. The van der Waals surface area contributed by atoms with E-state index in [0.717, 1.165) is 25.2 Å². The third-order valence-electron chi connectivity index (χ3n) is 3.45. The highest BCUT2D eigenvalue weighted by Gasteiger charge is 2.12. The van der Waals surface area contributed by atoms with E-state index >= 15 is 0 Å². The van der Waals surface area contributed by atoms with Crippen LogP contribution < -0.4 is 15.2 Å². The third-order valence-corrected chi connectivity index (χ3v) is 3.45. The summed E-state index contributed by atoms with van der Waals surface area (Å²) in [4.78, 5) is 0. The molecule has 4 heteroatoms. The molecule has 3 N–H and O–H groups in total. The predicted octanol–water partition coefficient (Wildman–Crippen LogP) is 2.53. The molecule has 1 aliphatic rings. The number of anilines is 1. The van der Waals surface area contributed by atoms with Crippen molar-refractivity contribution in [1.29, 1.82) is 0 Å². The van der Waals surface area contributed by atoms with Crippen LogP contribution in [-0.4, -0.2) is 18.3 Å². The molecule has 0 radical (unpaired) electrons. The van der Waals surface area contributed by atoms with Crippen molar-refractivity contribution >= 4 is 5.69 Å². The summed E-state index contributed by atoms with van der Waals surface area (Å²) in [5.74, 6) is 1.57. The minimum absolute atomic E-state index is 0.0529. The van der Waals surface area contributed by atoms with Crippen LogP contribution in [0.15, 0.2) is 36.4 Å². The van der Waals surface area contributed by atoms with Gasteiger partial charge in [0.2, 0.25) is 0 Å². The highest BCUT2D eigenvalue weighted by atomic mass is 16.5. The molecule has 20 heavy (non-hydrogen) atoms. The van der Waals surface area contributed by atoms with Crippen molar-refractivity contribution in [3.63, 3.8) is 0 Å². The Bertz CT molecular complexity index is 625. The van der Waals surface area contributed by atoms with Crippen molar-refractivity contribution in [2.24, 2.45) is 0 Å².